The predicted molar refractivity (Wildman–Crippen MR) is 77.7 cm³/mol. The third kappa shape index (κ3) is 4.59. The number of likely N-dealkylation sites (tertiary alicyclic amines) is 1. The van der Waals surface area contributed by atoms with E-state index < -0.39 is 0 Å². The molecule has 0 spiro atoms. The van der Waals surface area contributed by atoms with E-state index in [-0.39, 0.29) is 11.9 Å². The molecule has 1 atom stereocenters. The van der Waals surface area contributed by atoms with Gasteiger partial charge in [-0.15, -0.1) is 0 Å². The molecule has 0 radical (unpaired) electrons. The van der Waals surface area contributed by atoms with Gasteiger partial charge in [0.15, 0.2) is 0 Å². The van der Waals surface area contributed by atoms with Crippen molar-refractivity contribution in [2.75, 3.05) is 26.7 Å². The van der Waals surface area contributed by atoms with Crippen LogP contribution in [0.3, 0.4) is 0 Å². The molecule has 0 aromatic heterocycles. The molecule has 1 aliphatic rings. The zero-order chi connectivity index (χ0) is 13.5. The lowest BCUT2D eigenvalue weighted by atomic mass is 10.0. The van der Waals surface area contributed by atoms with Gasteiger partial charge in [0.05, 0.1) is 0 Å². The van der Waals surface area contributed by atoms with Crippen LogP contribution in [-0.2, 0) is 0 Å². The van der Waals surface area contributed by atoms with Gasteiger partial charge in [-0.25, -0.2) is 4.39 Å². The van der Waals surface area contributed by atoms with Crippen molar-refractivity contribution in [3.05, 3.63) is 35.6 Å². The third-order valence-corrected chi connectivity index (χ3v) is 4.03. The van der Waals surface area contributed by atoms with E-state index in [1.54, 1.807) is 12.1 Å². The van der Waals surface area contributed by atoms with Crippen LogP contribution in [0.15, 0.2) is 24.3 Å². The lowest BCUT2D eigenvalue weighted by molar-refractivity contribution is 0.268. The normalized spacial score (nSPS) is 19.1. The molecule has 1 aliphatic heterocycles. The Bertz CT molecular complexity index is 373. The van der Waals surface area contributed by atoms with Gasteiger partial charge in [0.2, 0.25) is 0 Å². The highest BCUT2D eigenvalue weighted by Crippen LogP contribution is 2.19. The molecular formula is C16H25FN2. The maximum Gasteiger partial charge on any atom is 0.123 e. The average molecular weight is 264 g/mol. The summed E-state index contributed by atoms with van der Waals surface area (Å²) in [6.07, 6.45) is 6.43. The highest BCUT2D eigenvalue weighted by molar-refractivity contribution is 5.20. The molecule has 0 saturated carbocycles. The van der Waals surface area contributed by atoms with Crippen molar-refractivity contribution in [2.24, 2.45) is 0 Å². The van der Waals surface area contributed by atoms with Gasteiger partial charge in [0.25, 0.3) is 0 Å². The Labute approximate surface area is 116 Å². The second kappa shape index (κ2) is 7.61. The van der Waals surface area contributed by atoms with E-state index in [0.717, 1.165) is 18.5 Å². The van der Waals surface area contributed by atoms with Gasteiger partial charge < -0.3 is 10.2 Å². The first-order valence-electron chi connectivity index (χ1n) is 7.44. The summed E-state index contributed by atoms with van der Waals surface area (Å²) in [5.74, 6) is -0.146. The molecule has 1 saturated heterocycles. The number of hydrogen-bond donors (Lipinski definition) is 1. The van der Waals surface area contributed by atoms with Crippen molar-refractivity contribution < 1.29 is 4.39 Å². The molecule has 1 unspecified atom stereocenters. The van der Waals surface area contributed by atoms with Crippen LogP contribution in [0.25, 0.3) is 0 Å². The fourth-order valence-corrected chi connectivity index (χ4v) is 2.87. The van der Waals surface area contributed by atoms with Gasteiger partial charge in [-0.2, -0.15) is 0 Å². The van der Waals surface area contributed by atoms with Crippen molar-refractivity contribution in [1.29, 1.82) is 0 Å². The highest BCUT2D eigenvalue weighted by Gasteiger charge is 2.13. The number of nitrogens with one attached hydrogen (secondary N) is 1. The largest absolute Gasteiger partial charge is 0.313 e. The Morgan fingerprint density at radius 3 is 2.58 bits per heavy atom. The molecule has 1 heterocycles. The van der Waals surface area contributed by atoms with Crippen LogP contribution in [-0.4, -0.2) is 31.6 Å². The van der Waals surface area contributed by atoms with E-state index in [9.17, 15) is 4.39 Å². The summed E-state index contributed by atoms with van der Waals surface area (Å²) in [7, 11) is 1.96. The second-order valence-corrected chi connectivity index (χ2v) is 5.44. The smallest absolute Gasteiger partial charge is 0.123 e. The fraction of sp³-hybridized carbons (Fsp3) is 0.625. The van der Waals surface area contributed by atoms with Crippen molar-refractivity contribution in [3.63, 3.8) is 0 Å². The van der Waals surface area contributed by atoms with E-state index in [1.807, 2.05) is 13.1 Å². The molecule has 106 valence electrons. The first-order valence-corrected chi connectivity index (χ1v) is 7.44. The first-order chi connectivity index (χ1) is 9.29. The number of hydrogen-bond acceptors (Lipinski definition) is 2. The average Bonchev–Trinajstić information content (AvgIpc) is 2.68. The Hall–Kier alpha value is -0.930. The summed E-state index contributed by atoms with van der Waals surface area (Å²) in [5.41, 5.74) is 1.05. The fourth-order valence-electron chi connectivity index (χ4n) is 2.87. The maximum atomic E-state index is 13.3. The lowest BCUT2D eigenvalue weighted by Gasteiger charge is -2.23. The topological polar surface area (TPSA) is 15.3 Å². The minimum absolute atomic E-state index is 0.146. The maximum absolute atomic E-state index is 13.3. The molecule has 3 heteroatoms. The van der Waals surface area contributed by atoms with Gasteiger partial charge in [0, 0.05) is 6.04 Å². The molecule has 2 nitrogen and oxygen atoms in total. The molecule has 19 heavy (non-hydrogen) atoms. The Morgan fingerprint density at radius 2 is 1.95 bits per heavy atom. The quantitative estimate of drug-likeness (QED) is 0.877. The Morgan fingerprint density at radius 1 is 1.21 bits per heavy atom. The predicted octanol–water partition coefficient (Wildman–Crippen LogP) is 3.35. The number of rotatable bonds is 5. The molecule has 0 amide bonds. The number of nitrogens with zero attached hydrogens (tertiary/aromatic N) is 1. The number of halogens is 1. The van der Waals surface area contributed by atoms with E-state index in [0.29, 0.717) is 0 Å². The highest BCUT2D eigenvalue weighted by atomic mass is 19.1. The van der Waals surface area contributed by atoms with Crippen molar-refractivity contribution in [3.8, 4) is 0 Å². The summed E-state index contributed by atoms with van der Waals surface area (Å²) in [6.45, 7) is 3.54. The van der Waals surface area contributed by atoms with Crippen LogP contribution in [0.4, 0.5) is 4.39 Å². The minimum atomic E-state index is -0.146. The summed E-state index contributed by atoms with van der Waals surface area (Å²) < 4.78 is 13.3. The summed E-state index contributed by atoms with van der Waals surface area (Å²) in [6, 6.07) is 7.20. The summed E-state index contributed by atoms with van der Waals surface area (Å²) >= 11 is 0. The molecule has 2 rings (SSSR count). The van der Waals surface area contributed by atoms with E-state index >= 15 is 0 Å². The van der Waals surface area contributed by atoms with Crippen molar-refractivity contribution >= 4 is 0 Å². The first kappa shape index (κ1) is 14.5. The zero-order valence-electron chi connectivity index (χ0n) is 11.9. The Balaban J connectivity index is 1.88. The molecule has 0 bridgehead atoms. The minimum Gasteiger partial charge on any atom is -0.313 e. The van der Waals surface area contributed by atoms with Gasteiger partial charge in [-0.1, -0.05) is 25.0 Å². The molecule has 1 aromatic rings. The van der Waals surface area contributed by atoms with Crippen LogP contribution in [0, 0.1) is 5.82 Å². The summed E-state index contributed by atoms with van der Waals surface area (Å²) in [4.78, 5) is 2.55. The molecule has 1 N–H and O–H groups in total. The Kier molecular flexibility index (Phi) is 5.80. The van der Waals surface area contributed by atoms with Gasteiger partial charge >= 0.3 is 0 Å². The monoisotopic (exact) mass is 264 g/mol. The SMILES string of the molecule is CNC(CCN1CCCCCC1)c1cccc(F)c1. The van der Waals surface area contributed by atoms with Crippen LogP contribution < -0.4 is 5.32 Å². The zero-order valence-corrected chi connectivity index (χ0v) is 11.9. The van der Waals surface area contributed by atoms with E-state index in [1.165, 1.54) is 44.8 Å². The number of benzene rings is 1. The standard InChI is InChI=1S/C16H25FN2/c1-18-16(14-7-6-8-15(17)13-14)9-12-19-10-4-2-3-5-11-19/h6-8,13,16,18H,2-5,9-12H2,1H3. The van der Waals surface area contributed by atoms with Gasteiger partial charge in [-0.05, 0) is 63.6 Å². The molecular weight excluding hydrogens is 239 g/mol. The molecule has 0 aliphatic carbocycles. The van der Waals surface area contributed by atoms with Crippen molar-refractivity contribution in [2.45, 2.75) is 38.1 Å². The molecule has 1 aromatic carbocycles. The van der Waals surface area contributed by atoms with Crippen LogP contribution in [0.2, 0.25) is 0 Å². The third-order valence-electron chi connectivity index (χ3n) is 4.03. The lowest BCUT2D eigenvalue weighted by Crippen LogP contribution is -2.29. The van der Waals surface area contributed by atoms with Crippen LogP contribution in [0.1, 0.15) is 43.7 Å². The second-order valence-electron chi connectivity index (χ2n) is 5.44. The van der Waals surface area contributed by atoms with Crippen LogP contribution in [0.5, 0.6) is 0 Å². The van der Waals surface area contributed by atoms with Crippen LogP contribution >= 0.6 is 0 Å². The summed E-state index contributed by atoms with van der Waals surface area (Å²) in [5, 5.41) is 3.31. The van der Waals surface area contributed by atoms with Gasteiger partial charge in [0.1, 0.15) is 5.82 Å². The molecule has 1 fully saturated rings. The van der Waals surface area contributed by atoms with E-state index in [2.05, 4.69) is 10.2 Å². The van der Waals surface area contributed by atoms with E-state index in [4.69, 9.17) is 0 Å². The van der Waals surface area contributed by atoms with Crippen molar-refractivity contribution in [1.82, 2.24) is 10.2 Å². The van der Waals surface area contributed by atoms with Gasteiger partial charge in [-0.3, -0.25) is 0 Å².